The van der Waals surface area contributed by atoms with Gasteiger partial charge in [0.1, 0.15) is 5.69 Å². The van der Waals surface area contributed by atoms with E-state index in [1.807, 2.05) is 66.7 Å². The lowest BCUT2D eigenvalue weighted by molar-refractivity contribution is 0.324. The van der Waals surface area contributed by atoms with Crippen LogP contribution in [0.25, 0.3) is 33.6 Å². The SMILES string of the molecule is COc1cc(-c2cc(-c3ccc(Cl)cc3)nnc2-c2ccc(Cl)cc2)cc(OC)c1OC. The van der Waals surface area contributed by atoms with Crippen LogP contribution in [0.4, 0.5) is 0 Å². The van der Waals surface area contributed by atoms with E-state index in [0.29, 0.717) is 38.7 Å². The van der Waals surface area contributed by atoms with E-state index < -0.39 is 0 Å². The van der Waals surface area contributed by atoms with Gasteiger partial charge in [0.25, 0.3) is 0 Å². The van der Waals surface area contributed by atoms with Crippen molar-refractivity contribution in [2.45, 2.75) is 0 Å². The summed E-state index contributed by atoms with van der Waals surface area (Å²) in [5.41, 5.74) is 4.89. The molecule has 0 saturated heterocycles. The smallest absolute Gasteiger partial charge is 0.203 e. The molecule has 0 bridgehead atoms. The molecule has 0 fully saturated rings. The zero-order valence-electron chi connectivity index (χ0n) is 17.7. The van der Waals surface area contributed by atoms with E-state index in [1.165, 1.54) is 0 Å². The first kappa shape index (κ1) is 21.9. The lowest BCUT2D eigenvalue weighted by Crippen LogP contribution is -1.98. The summed E-state index contributed by atoms with van der Waals surface area (Å²) in [7, 11) is 4.75. The maximum absolute atomic E-state index is 6.09. The molecule has 5 nitrogen and oxygen atoms in total. The molecule has 4 aromatic rings. The molecule has 4 rings (SSSR count). The quantitative estimate of drug-likeness (QED) is 0.312. The van der Waals surface area contributed by atoms with Crippen LogP contribution in [-0.4, -0.2) is 31.5 Å². The highest BCUT2D eigenvalue weighted by Gasteiger charge is 2.18. The zero-order chi connectivity index (χ0) is 22.7. The van der Waals surface area contributed by atoms with Gasteiger partial charge in [-0.15, -0.1) is 10.2 Å². The van der Waals surface area contributed by atoms with Gasteiger partial charge < -0.3 is 14.2 Å². The first-order valence-corrected chi connectivity index (χ1v) is 10.5. The van der Waals surface area contributed by atoms with Crippen molar-refractivity contribution in [3.05, 3.63) is 76.8 Å². The summed E-state index contributed by atoms with van der Waals surface area (Å²) in [5, 5.41) is 10.3. The molecule has 0 spiro atoms. The summed E-state index contributed by atoms with van der Waals surface area (Å²) in [6, 6.07) is 20.7. The number of aromatic nitrogens is 2. The number of ether oxygens (including phenoxy) is 3. The van der Waals surface area contributed by atoms with E-state index in [-0.39, 0.29) is 0 Å². The Labute approximate surface area is 196 Å². The van der Waals surface area contributed by atoms with Crippen molar-refractivity contribution in [2.24, 2.45) is 0 Å². The lowest BCUT2D eigenvalue weighted by Gasteiger charge is -2.16. The topological polar surface area (TPSA) is 53.5 Å². The van der Waals surface area contributed by atoms with Crippen molar-refractivity contribution in [3.63, 3.8) is 0 Å². The average Bonchev–Trinajstić information content (AvgIpc) is 2.83. The minimum Gasteiger partial charge on any atom is -0.493 e. The van der Waals surface area contributed by atoms with Crippen LogP contribution in [0, 0.1) is 0 Å². The Morgan fingerprint density at radius 2 is 1.12 bits per heavy atom. The number of rotatable bonds is 6. The van der Waals surface area contributed by atoms with E-state index >= 15 is 0 Å². The molecule has 0 radical (unpaired) electrons. The normalized spacial score (nSPS) is 10.7. The molecule has 162 valence electrons. The van der Waals surface area contributed by atoms with Gasteiger partial charge in [0.2, 0.25) is 5.75 Å². The van der Waals surface area contributed by atoms with E-state index in [0.717, 1.165) is 22.3 Å². The third kappa shape index (κ3) is 4.35. The Balaban J connectivity index is 1.96. The van der Waals surface area contributed by atoms with Crippen molar-refractivity contribution in [3.8, 4) is 50.9 Å². The Kier molecular flexibility index (Phi) is 6.49. The summed E-state index contributed by atoms with van der Waals surface area (Å²) in [5.74, 6) is 1.62. The van der Waals surface area contributed by atoms with Crippen LogP contribution in [0.3, 0.4) is 0 Å². The van der Waals surface area contributed by atoms with Crippen LogP contribution in [0.15, 0.2) is 66.7 Å². The van der Waals surface area contributed by atoms with Gasteiger partial charge in [-0.25, -0.2) is 0 Å². The van der Waals surface area contributed by atoms with Gasteiger partial charge in [0.15, 0.2) is 11.5 Å². The third-order valence-corrected chi connectivity index (χ3v) is 5.53. The van der Waals surface area contributed by atoms with Crippen LogP contribution >= 0.6 is 23.2 Å². The second-order valence-corrected chi connectivity index (χ2v) is 7.79. The van der Waals surface area contributed by atoms with Crippen molar-refractivity contribution >= 4 is 23.2 Å². The fourth-order valence-corrected chi connectivity index (χ4v) is 3.68. The molecule has 0 saturated carbocycles. The van der Waals surface area contributed by atoms with E-state index in [9.17, 15) is 0 Å². The van der Waals surface area contributed by atoms with E-state index in [1.54, 1.807) is 21.3 Å². The number of benzene rings is 3. The van der Waals surface area contributed by atoms with Gasteiger partial charge in [-0.2, -0.15) is 0 Å². The Bertz CT molecular complexity index is 1220. The number of methoxy groups -OCH3 is 3. The second kappa shape index (κ2) is 9.47. The summed E-state index contributed by atoms with van der Waals surface area (Å²) >= 11 is 12.1. The van der Waals surface area contributed by atoms with Gasteiger partial charge in [-0.05, 0) is 48.0 Å². The summed E-state index contributed by atoms with van der Waals surface area (Å²) in [6.45, 7) is 0. The van der Waals surface area contributed by atoms with Gasteiger partial charge in [-0.3, -0.25) is 0 Å². The molecular formula is C25H20Cl2N2O3. The number of nitrogens with zero attached hydrogens (tertiary/aromatic N) is 2. The minimum atomic E-state index is 0.520. The highest BCUT2D eigenvalue weighted by atomic mass is 35.5. The van der Waals surface area contributed by atoms with Crippen molar-refractivity contribution in [1.82, 2.24) is 10.2 Å². The molecule has 1 aromatic heterocycles. The maximum atomic E-state index is 6.09. The van der Waals surface area contributed by atoms with E-state index in [4.69, 9.17) is 37.4 Å². The summed E-state index contributed by atoms with van der Waals surface area (Å²) in [6.07, 6.45) is 0. The molecule has 32 heavy (non-hydrogen) atoms. The predicted molar refractivity (Wildman–Crippen MR) is 128 cm³/mol. The van der Waals surface area contributed by atoms with Crippen LogP contribution in [0.5, 0.6) is 17.2 Å². The Morgan fingerprint density at radius 1 is 0.594 bits per heavy atom. The molecule has 1 heterocycles. The van der Waals surface area contributed by atoms with Crippen molar-refractivity contribution < 1.29 is 14.2 Å². The maximum Gasteiger partial charge on any atom is 0.203 e. The second-order valence-electron chi connectivity index (χ2n) is 6.92. The Hall–Kier alpha value is -3.28. The third-order valence-electron chi connectivity index (χ3n) is 5.03. The van der Waals surface area contributed by atoms with Crippen LogP contribution < -0.4 is 14.2 Å². The average molecular weight is 467 g/mol. The molecule has 0 aliphatic rings. The number of halogens is 2. The summed E-state index contributed by atoms with van der Waals surface area (Å²) in [4.78, 5) is 0. The highest BCUT2D eigenvalue weighted by Crippen LogP contribution is 2.43. The molecule has 0 aliphatic carbocycles. The zero-order valence-corrected chi connectivity index (χ0v) is 19.2. The summed E-state index contributed by atoms with van der Waals surface area (Å²) < 4.78 is 16.6. The predicted octanol–water partition coefficient (Wildman–Crippen LogP) is 6.81. The molecule has 7 heteroatoms. The fourth-order valence-electron chi connectivity index (χ4n) is 3.43. The first-order valence-electron chi connectivity index (χ1n) is 9.74. The number of hydrogen-bond donors (Lipinski definition) is 0. The van der Waals surface area contributed by atoms with Gasteiger partial charge >= 0.3 is 0 Å². The molecule has 0 N–H and O–H groups in total. The highest BCUT2D eigenvalue weighted by molar-refractivity contribution is 6.30. The van der Waals surface area contributed by atoms with Crippen molar-refractivity contribution in [1.29, 1.82) is 0 Å². The monoisotopic (exact) mass is 466 g/mol. The molecule has 3 aromatic carbocycles. The van der Waals surface area contributed by atoms with Gasteiger partial charge in [0.05, 0.1) is 27.0 Å². The molecular weight excluding hydrogens is 447 g/mol. The largest absolute Gasteiger partial charge is 0.493 e. The van der Waals surface area contributed by atoms with Crippen molar-refractivity contribution in [2.75, 3.05) is 21.3 Å². The molecule has 0 aliphatic heterocycles. The van der Waals surface area contributed by atoms with E-state index in [2.05, 4.69) is 10.2 Å². The molecule has 0 amide bonds. The fraction of sp³-hybridized carbons (Fsp3) is 0.120. The first-order chi connectivity index (χ1) is 15.5. The molecule has 0 atom stereocenters. The Morgan fingerprint density at radius 3 is 1.62 bits per heavy atom. The molecule has 0 unspecified atom stereocenters. The van der Waals surface area contributed by atoms with Gasteiger partial charge in [-0.1, -0.05) is 47.5 Å². The standard InChI is InChI=1S/C25H20Cl2N2O3/c1-30-22-12-17(13-23(31-2)25(22)32-3)20-14-21(15-4-8-18(26)9-5-15)28-29-24(20)16-6-10-19(27)11-7-16/h4-14H,1-3H3. The van der Waals surface area contributed by atoms with Crippen LogP contribution in [0.1, 0.15) is 0 Å². The van der Waals surface area contributed by atoms with Gasteiger partial charge in [0, 0.05) is 26.7 Å². The van der Waals surface area contributed by atoms with Crippen LogP contribution in [-0.2, 0) is 0 Å². The minimum absolute atomic E-state index is 0.520. The van der Waals surface area contributed by atoms with Crippen LogP contribution in [0.2, 0.25) is 10.0 Å². The number of hydrogen-bond acceptors (Lipinski definition) is 5. The lowest BCUT2D eigenvalue weighted by atomic mass is 9.97.